The number of nitrogen functional groups attached to an aromatic ring is 1. The molecule has 0 amide bonds. The molecule has 0 unspecified atom stereocenters. The largest absolute Gasteiger partial charge is 0.494 e. The van der Waals surface area contributed by atoms with Crippen molar-refractivity contribution in [1.82, 2.24) is 0 Å². The number of thiophene rings is 1. The molecule has 0 aliphatic rings. The van der Waals surface area contributed by atoms with Crippen molar-refractivity contribution >= 4 is 38.7 Å². The van der Waals surface area contributed by atoms with Crippen molar-refractivity contribution in [1.29, 1.82) is 0 Å². The summed E-state index contributed by atoms with van der Waals surface area (Å²) in [5.41, 5.74) is 6.53. The molecule has 0 atom stereocenters. The molecule has 2 rings (SSSR count). The highest BCUT2D eigenvalue weighted by Crippen LogP contribution is 2.39. The third kappa shape index (κ3) is 1.24. The number of methoxy groups -OCH3 is 1. The maximum atomic E-state index is 5.95. The van der Waals surface area contributed by atoms with Crippen LogP contribution in [0.5, 0.6) is 5.75 Å². The molecule has 0 radical (unpaired) electrons. The number of ether oxygens (including phenoxy) is 1. The zero-order valence-electron chi connectivity index (χ0n) is 7.00. The Morgan fingerprint density at radius 3 is 2.92 bits per heavy atom. The molecule has 2 nitrogen and oxygen atoms in total. The first-order valence-corrected chi connectivity index (χ1v) is 4.99. The van der Waals surface area contributed by atoms with Gasteiger partial charge in [-0.25, -0.2) is 0 Å². The van der Waals surface area contributed by atoms with Crippen LogP contribution in [0.2, 0.25) is 5.02 Å². The van der Waals surface area contributed by atoms with Gasteiger partial charge in [-0.3, -0.25) is 0 Å². The summed E-state index contributed by atoms with van der Waals surface area (Å²) in [4.78, 5) is 0. The van der Waals surface area contributed by atoms with Crippen molar-refractivity contribution in [3.8, 4) is 5.75 Å². The molecule has 0 saturated heterocycles. The summed E-state index contributed by atoms with van der Waals surface area (Å²) in [6, 6.07) is 3.71. The van der Waals surface area contributed by atoms with Gasteiger partial charge >= 0.3 is 0 Å². The van der Waals surface area contributed by atoms with Crippen LogP contribution in [0.25, 0.3) is 10.1 Å². The van der Waals surface area contributed by atoms with Gasteiger partial charge in [-0.1, -0.05) is 11.6 Å². The molecule has 0 saturated carbocycles. The van der Waals surface area contributed by atoms with Gasteiger partial charge in [0.15, 0.2) is 5.75 Å². The Balaban J connectivity index is 2.85. The third-order valence-corrected chi connectivity index (χ3v) is 3.19. The molecule has 0 aliphatic heterocycles. The Kier molecular flexibility index (Phi) is 2.06. The van der Waals surface area contributed by atoms with Gasteiger partial charge in [-0.15, -0.1) is 11.3 Å². The zero-order chi connectivity index (χ0) is 9.42. The maximum Gasteiger partial charge on any atom is 0.155 e. The van der Waals surface area contributed by atoms with E-state index >= 15 is 0 Å². The predicted octanol–water partition coefficient (Wildman–Crippen LogP) is 3.15. The van der Waals surface area contributed by atoms with E-state index in [0.29, 0.717) is 10.8 Å². The van der Waals surface area contributed by atoms with Crippen LogP contribution in [0.3, 0.4) is 0 Å². The first-order chi connectivity index (χ1) is 6.24. The number of fused-ring (bicyclic) bond motifs is 1. The number of rotatable bonds is 1. The Morgan fingerprint density at radius 1 is 1.46 bits per heavy atom. The predicted molar refractivity (Wildman–Crippen MR) is 57.8 cm³/mol. The summed E-state index contributed by atoms with van der Waals surface area (Å²) < 4.78 is 6.20. The van der Waals surface area contributed by atoms with Crippen LogP contribution < -0.4 is 10.5 Å². The molecule has 4 heteroatoms. The van der Waals surface area contributed by atoms with Crippen LogP contribution in [0.1, 0.15) is 0 Å². The quantitative estimate of drug-likeness (QED) is 0.790. The molecule has 0 aliphatic carbocycles. The Bertz CT molecular complexity index is 452. The number of nitrogens with two attached hydrogens (primary N) is 1. The second-order valence-electron chi connectivity index (χ2n) is 2.65. The fraction of sp³-hybridized carbons (Fsp3) is 0.111. The third-order valence-electron chi connectivity index (χ3n) is 1.88. The first-order valence-electron chi connectivity index (χ1n) is 3.73. The number of hydrogen-bond donors (Lipinski definition) is 1. The van der Waals surface area contributed by atoms with Crippen molar-refractivity contribution in [2.75, 3.05) is 12.8 Å². The summed E-state index contributed by atoms with van der Waals surface area (Å²) in [6.07, 6.45) is 0. The minimum atomic E-state index is 0.622. The maximum absolute atomic E-state index is 5.95. The normalized spacial score (nSPS) is 10.6. The Labute approximate surface area is 84.9 Å². The highest BCUT2D eigenvalue weighted by atomic mass is 35.5. The highest BCUT2D eigenvalue weighted by Gasteiger charge is 2.09. The molecular weight excluding hydrogens is 206 g/mol. The second kappa shape index (κ2) is 3.09. The second-order valence-corrected chi connectivity index (χ2v) is 3.94. The van der Waals surface area contributed by atoms with E-state index in [1.54, 1.807) is 24.5 Å². The van der Waals surface area contributed by atoms with Crippen molar-refractivity contribution in [3.63, 3.8) is 0 Å². The molecular formula is C9H8ClNOS. The zero-order valence-corrected chi connectivity index (χ0v) is 8.58. The van der Waals surface area contributed by atoms with Crippen molar-refractivity contribution < 1.29 is 4.74 Å². The summed E-state index contributed by atoms with van der Waals surface area (Å²) in [6.45, 7) is 0. The lowest BCUT2D eigenvalue weighted by Gasteiger charge is -2.03. The topological polar surface area (TPSA) is 35.2 Å². The van der Waals surface area contributed by atoms with E-state index in [1.165, 1.54) is 0 Å². The molecule has 0 bridgehead atoms. The molecule has 68 valence electrons. The van der Waals surface area contributed by atoms with Crippen LogP contribution in [0, 0.1) is 0 Å². The summed E-state index contributed by atoms with van der Waals surface area (Å²) in [5, 5.41) is 3.52. The van der Waals surface area contributed by atoms with Crippen molar-refractivity contribution in [3.05, 3.63) is 22.5 Å². The lowest BCUT2D eigenvalue weighted by Crippen LogP contribution is -1.85. The van der Waals surface area contributed by atoms with E-state index < -0.39 is 0 Å². The molecule has 0 fully saturated rings. The van der Waals surface area contributed by atoms with Crippen LogP contribution >= 0.6 is 22.9 Å². The number of anilines is 1. The van der Waals surface area contributed by atoms with E-state index in [4.69, 9.17) is 22.1 Å². The van der Waals surface area contributed by atoms with Gasteiger partial charge in [0, 0.05) is 10.8 Å². The average molecular weight is 214 g/mol. The lowest BCUT2D eigenvalue weighted by molar-refractivity contribution is 0.420. The molecule has 2 N–H and O–H groups in total. The van der Waals surface area contributed by atoms with Gasteiger partial charge < -0.3 is 10.5 Å². The standard InChI is InChI=1S/C9H8ClNOS/c1-12-8-6(10)3-2-5-7(11)4-13-9(5)8/h2-4H,11H2,1H3. The minimum absolute atomic E-state index is 0.622. The fourth-order valence-electron chi connectivity index (χ4n) is 1.26. The van der Waals surface area contributed by atoms with Gasteiger partial charge in [0.2, 0.25) is 0 Å². The number of hydrogen-bond acceptors (Lipinski definition) is 3. The van der Waals surface area contributed by atoms with E-state index in [0.717, 1.165) is 15.8 Å². The molecule has 1 aromatic heterocycles. The average Bonchev–Trinajstić information content (AvgIpc) is 2.48. The smallest absolute Gasteiger partial charge is 0.155 e. The van der Waals surface area contributed by atoms with Crippen molar-refractivity contribution in [2.24, 2.45) is 0 Å². The highest BCUT2D eigenvalue weighted by molar-refractivity contribution is 7.18. The molecule has 1 aromatic carbocycles. The first kappa shape index (κ1) is 8.66. The van der Waals surface area contributed by atoms with Gasteiger partial charge in [-0.05, 0) is 12.1 Å². The van der Waals surface area contributed by atoms with Crippen LogP contribution in [-0.4, -0.2) is 7.11 Å². The van der Waals surface area contributed by atoms with Gasteiger partial charge in [0.05, 0.1) is 22.5 Å². The molecule has 0 spiro atoms. The van der Waals surface area contributed by atoms with E-state index in [9.17, 15) is 0 Å². The molecule has 1 heterocycles. The number of halogens is 1. The van der Waals surface area contributed by atoms with Gasteiger partial charge in [-0.2, -0.15) is 0 Å². The van der Waals surface area contributed by atoms with Crippen LogP contribution in [-0.2, 0) is 0 Å². The van der Waals surface area contributed by atoms with Crippen LogP contribution in [0.15, 0.2) is 17.5 Å². The Hall–Kier alpha value is -0.930. The van der Waals surface area contributed by atoms with Crippen molar-refractivity contribution in [2.45, 2.75) is 0 Å². The summed E-state index contributed by atoms with van der Waals surface area (Å²) >= 11 is 7.50. The van der Waals surface area contributed by atoms with E-state index in [1.807, 2.05) is 11.4 Å². The van der Waals surface area contributed by atoms with Crippen LogP contribution in [0.4, 0.5) is 5.69 Å². The minimum Gasteiger partial charge on any atom is -0.494 e. The van der Waals surface area contributed by atoms with Gasteiger partial charge in [0.25, 0.3) is 0 Å². The number of benzene rings is 1. The Morgan fingerprint density at radius 2 is 2.23 bits per heavy atom. The fourth-order valence-corrected chi connectivity index (χ4v) is 2.53. The SMILES string of the molecule is COc1c(Cl)ccc2c(N)csc12. The summed E-state index contributed by atoms with van der Waals surface area (Å²) in [5.74, 6) is 0.709. The lowest BCUT2D eigenvalue weighted by atomic mass is 10.2. The monoisotopic (exact) mass is 213 g/mol. The summed E-state index contributed by atoms with van der Waals surface area (Å²) in [7, 11) is 1.61. The van der Waals surface area contributed by atoms with E-state index in [-0.39, 0.29) is 0 Å². The molecule has 13 heavy (non-hydrogen) atoms. The van der Waals surface area contributed by atoms with E-state index in [2.05, 4.69) is 0 Å². The van der Waals surface area contributed by atoms with Gasteiger partial charge in [0.1, 0.15) is 0 Å². The molecule has 2 aromatic rings.